The Labute approximate surface area is 166 Å². The van der Waals surface area contributed by atoms with Gasteiger partial charge in [0.1, 0.15) is 5.82 Å². The van der Waals surface area contributed by atoms with E-state index in [1.807, 2.05) is 0 Å². The van der Waals surface area contributed by atoms with E-state index in [4.69, 9.17) is 11.6 Å². The van der Waals surface area contributed by atoms with Gasteiger partial charge in [-0.3, -0.25) is 4.79 Å². The largest absolute Gasteiger partial charge is 0.352 e. The van der Waals surface area contributed by atoms with Gasteiger partial charge in [0, 0.05) is 43.3 Å². The minimum Gasteiger partial charge on any atom is -0.352 e. The molecule has 1 saturated carbocycles. The third kappa shape index (κ3) is 4.64. The Balaban J connectivity index is 1.13. The summed E-state index contributed by atoms with van der Waals surface area (Å²) in [6.45, 7) is 8.06. The van der Waals surface area contributed by atoms with Crippen molar-refractivity contribution in [2.75, 3.05) is 45.8 Å². The molecule has 0 unspecified atom stereocenters. The molecular weight excluding hydrogens is 365 g/mol. The van der Waals surface area contributed by atoms with E-state index in [1.54, 1.807) is 0 Å². The molecule has 0 radical (unpaired) electrons. The van der Waals surface area contributed by atoms with Gasteiger partial charge in [-0.2, -0.15) is 0 Å². The zero-order valence-electron chi connectivity index (χ0n) is 15.9. The molecule has 4 rings (SSSR count). The molecule has 2 aliphatic heterocycles. The Morgan fingerprint density at radius 1 is 1.11 bits per heavy atom. The first-order chi connectivity index (χ1) is 13.0. The van der Waals surface area contributed by atoms with Crippen LogP contribution in [0.4, 0.5) is 4.39 Å². The van der Waals surface area contributed by atoms with E-state index < -0.39 is 5.82 Å². The van der Waals surface area contributed by atoms with E-state index in [-0.39, 0.29) is 10.9 Å². The van der Waals surface area contributed by atoms with Crippen LogP contribution in [0.2, 0.25) is 5.02 Å². The summed E-state index contributed by atoms with van der Waals surface area (Å²) in [5, 5.41) is 3.19. The zero-order valence-corrected chi connectivity index (χ0v) is 16.6. The molecule has 3 aliphatic rings. The summed E-state index contributed by atoms with van der Waals surface area (Å²) in [7, 11) is 0. The lowest BCUT2D eigenvalue weighted by atomic mass is 9.57. The maximum Gasteiger partial charge on any atom is 0.251 e. The summed E-state index contributed by atoms with van der Waals surface area (Å²) in [4.78, 5) is 17.4. The molecule has 4 nitrogen and oxygen atoms in total. The van der Waals surface area contributed by atoms with Crippen LogP contribution >= 0.6 is 11.6 Å². The van der Waals surface area contributed by atoms with Gasteiger partial charge in [-0.05, 0) is 68.3 Å². The van der Waals surface area contributed by atoms with Gasteiger partial charge in [-0.25, -0.2) is 4.39 Å². The average molecular weight is 394 g/mol. The lowest BCUT2D eigenvalue weighted by Crippen LogP contribution is -2.64. The normalized spacial score (nSPS) is 23.0. The second kappa shape index (κ2) is 8.06. The molecule has 1 aromatic carbocycles. The molecule has 1 amide bonds. The summed E-state index contributed by atoms with van der Waals surface area (Å²) < 4.78 is 13.4. The number of benzene rings is 1. The number of hydrogen-bond donors (Lipinski definition) is 1. The maximum atomic E-state index is 13.4. The molecule has 0 bridgehead atoms. The van der Waals surface area contributed by atoms with Gasteiger partial charge >= 0.3 is 0 Å². The van der Waals surface area contributed by atoms with E-state index >= 15 is 0 Å². The Morgan fingerprint density at radius 3 is 2.52 bits per heavy atom. The van der Waals surface area contributed by atoms with Crippen LogP contribution < -0.4 is 5.32 Å². The number of piperidine rings is 1. The third-order valence-electron chi connectivity index (χ3n) is 6.42. The Morgan fingerprint density at radius 2 is 1.81 bits per heavy atom. The summed E-state index contributed by atoms with van der Waals surface area (Å²) >= 11 is 5.82. The van der Waals surface area contributed by atoms with Crippen LogP contribution in [0.5, 0.6) is 0 Å². The fraction of sp³-hybridized carbons (Fsp3) is 0.667. The predicted octanol–water partition coefficient (Wildman–Crippen LogP) is 3.41. The van der Waals surface area contributed by atoms with E-state index in [0.29, 0.717) is 23.4 Å². The number of likely N-dealkylation sites (tertiary alicyclic amines) is 2. The number of carbonyl (C=O) groups excluding carboxylic acids is 1. The van der Waals surface area contributed by atoms with Gasteiger partial charge in [0.2, 0.25) is 0 Å². The molecule has 27 heavy (non-hydrogen) atoms. The lowest BCUT2D eigenvalue weighted by molar-refractivity contribution is -0.0947. The third-order valence-corrected chi connectivity index (χ3v) is 6.64. The summed E-state index contributed by atoms with van der Waals surface area (Å²) in [6.07, 6.45) is 6.50. The van der Waals surface area contributed by atoms with Crippen molar-refractivity contribution in [3.63, 3.8) is 0 Å². The smallest absolute Gasteiger partial charge is 0.251 e. The van der Waals surface area contributed by atoms with E-state index in [2.05, 4.69) is 15.1 Å². The van der Waals surface area contributed by atoms with Crippen LogP contribution in [0.1, 0.15) is 42.5 Å². The van der Waals surface area contributed by atoms with E-state index in [0.717, 1.165) is 0 Å². The molecule has 1 N–H and O–H groups in total. The number of amides is 1. The fourth-order valence-electron chi connectivity index (χ4n) is 5.12. The number of carbonyl (C=O) groups is 1. The molecule has 148 valence electrons. The van der Waals surface area contributed by atoms with Crippen molar-refractivity contribution in [1.82, 2.24) is 15.1 Å². The van der Waals surface area contributed by atoms with Crippen molar-refractivity contribution in [3.05, 3.63) is 34.6 Å². The molecule has 2 saturated heterocycles. The second-order valence-electron chi connectivity index (χ2n) is 8.76. The lowest BCUT2D eigenvalue weighted by Gasteiger charge is -2.59. The highest BCUT2D eigenvalue weighted by Crippen LogP contribution is 2.51. The van der Waals surface area contributed by atoms with Crippen LogP contribution in [0.3, 0.4) is 0 Å². The Hall–Kier alpha value is -1.17. The predicted molar refractivity (Wildman–Crippen MR) is 106 cm³/mol. The van der Waals surface area contributed by atoms with Gasteiger partial charge in [-0.15, -0.1) is 0 Å². The van der Waals surface area contributed by atoms with Crippen molar-refractivity contribution < 1.29 is 9.18 Å². The molecular formula is C21H29ClFN3O. The van der Waals surface area contributed by atoms with Crippen LogP contribution in [-0.2, 0) is 0 Å². The minimum atomic E-state index is -0.477. The van der Waals surface area contributed by atoms with E-state index in [1.165, 1.54) is 89.6 Å². The second-order valence-corrected chi connectivity index (χ2v) is 9.19. The van der Waals surface area contributed by atoms with Crippen LogP contribution in [-0.4, -0.2) is 61.5 Å². The van der Waals surface area contributed by atoms with Crippen molar-refractivity contribution in [3.8, 4) is 0 Å². The molecule has 1 aliphatic carbocycles. The van der Waals surface area contributed by atoms with Gasteiger partial charge in [0.25, 0.3) is 5.91 Å². The van der Waals surface area contributed by atoms with Crippen molar-refractivity contribution in [1.29, 1.82) is 0 Å². The highest BCUT2D eigenvalue weighted by Gasteiger charge is 2.51. The Kier molecular flexibility index (Phi) is 5.72. The van der Waals surface area contributed by atoms with E-state index in [9.17, 15) is 9.18 Å². The summed E-state index contributed by atoms with van der Waals surface area (Å²) in [6, 6.07) is 3.95. The quantitative estimate of drug-likeness (QED) is 0.804. The number of nitrogens with one attached hydrogen (secondary N) is 1. The first-order valence-corrected chi connectivity index (χ1v) is 10.6. The number of halogens is 2. The monoisotopic (exact) mass is 393 g/mol. The molecule has 0 aromatic heterocycles. The van der Waals surface area contributed by atoms with Gasteiger partial charge in [0.15, 0.2) is 0 Å². The fourth-order valence-corrected chi connectivity index (χ4v) is 5.34. The molecule has 1 aromatic rings. The van der Waals surface area contributed by atoms with Crippen molar-refractivity contribution in [2.45, 2.75) is 32.1 Å². The number of nitrogens with zero attached hydrogens (tertiary/aromatic N) is 2. The molecule has 3 fully saturated rings. The molecule has 2 heterocycles. The van der Waals surface area contributed by atoms with Crippen molar-refractivity contribution in [2.24, 2.45) is 11.3 Å². The molecule has 1 spiro atoms. The number of rotatable bonds is 6. The van der Waals surface area contributed by atoms with Crippen molar-refractivity contribution >= 4 is 17.5 Å². The number of hydrogen-bond acceptors (Lipinski definition) is 3. The summed E-state index contributed by atoms with van der Waals surface area (Å²) in [5.41, 5.74) is 0.793. The summed E-state index contributed by atoms with van der Waals surface area (Å²) in [5.74, 6) is -0.175. The minimum absolute atomic E-state index is 0.242. The average Bonchev–Trinajstić information content (AvgIpc) is 2.58. The first-order valence-electron chi connectivity index (χ1n) is 10.2. The molecule has 6 heteroatoms. The highest BCUT2D eigenvalue weighted by atomic mass is 35.5. The zero-order chi connectivity index (χ0) is 18.9. The van der Waals surface area contributed by atoms with Crippen LogP contribution in [0.15, 0.2) is 18.2 Å². The Bertz CT molecular complexity index is 658. The topological polar surface area (TPSA) is 35.6 Å². The van der Waals surface area contributed by atoms with Crippen LogP contribution in [0, 0.1) is 17.2 Å². The maximum absolute atomic E-state index is 13.4. The standard InChI is InChI=1S/C21H29ClFN3O/c22-18-8-17(9-19(23)10-18)20(27)24-13-16-11-21(12-16)14-26(15-21)7-6-25-4-2-1-3-5-25/h8-10,16H,1-7,11-15H2,(H,24,27). The van der Waals surface area contributed by atoms with Gasteiger partial charge in [-0.1, -0.05) is 18.0 Å². The highest BCUT2D eigenvalue weighted by molar-refractivity contribution is 6.31. The van der Waals surface area contributed by atoms with Gasteiger partial charge < -0.3 is 15.1 Å². The van der Waals surface area contributed by atoms with Gasteiger partial charge in [0.05, 0.1) is 0 Å². The molecule has 0 atom stereocenters. The van der Waals surface area contributed by atoms with Crippen LogP contribution in [0.25, 0.3) is 0 Å². The first kappa shape index (κ1) is 19.2. The SMILES string of the molecule is O=C(NCC1CC2(C1)CN(CCN1CCCCC1)C2)c1cc(F)cc(Cl)c1.